The van der Waals surface area contributed by atoms with E-state index in [0.717, 1.165) is 22.0 Å². The van der Waals surface area contributed by atoms with Gasteiger partial charge in [-0.2, -0.15) is 0 Å². The van der Waals surface area contributed by atoms with Crippen molar-refractivity contribution >= 4 is 38.9 Å². The van der Waals surface area contributed by atoms with E-state index in [-0.39, 0.29) is 28.6 Å². The quantitative estimate of drug-likeness (QED) is 0.598. The number of hydrogen-bond acceptors (Lipinski definition) is 4. The fourth-order valence-electron chi connectivity index (χ4n) is 3.22. The molecule has 1 N–H and O–H groups in total. The Kier molecular flexibility index (Phi) is 5.79. The van der Waals surface area contributed by atoms with Gasteiger partial charge in [0.2, 0.25) is 0 Å². The lowest BCUT2D eigenvalue weighted by atomic mass is 10.2. The molecule has 1 atom stereocenters. The number of amides is 1. The van der Waals surface area contributed by atoms with Crippen LogP contribution in [-0.4, -0.2) is 27.0 Å². The van der Waals surface area contributed by atoms with E-state index < -0.39 is 33.7 Å². The molecule has 1 aliphatic rings. The zero-order chi connectivity index (χ0) is 23.0. The maximum atomic E-state index is 13.5. The van der Waals surface area contributed by atoms with Crippen molar-refractivity contribution in [3.63, 3.8) is 0 Å². The van der Waals surface area contributed by atoms with Crippen molar-refractivity contribution in [2.24, 2.45) is 0 Å². The van der Waals surface area contributed by atoms with Gasteiger partial charge < -0.3 is 10.1 Å². The normalized spacial score (nSPS) is 15.6. The highest BCUT2D eigenvalue weighted by Crippen LogP contribution is 2.39. The first-order valence-corrected chi connectivity index (χ1v) is 11.3. The van der Waals surface area contributed by atoms with Crippen LogP contribution < -0.4 is 14.4 Å². The fourth-order valence-corrected chi connectivity index (χ4v) is 4.86. The first kappa shape index (κ1) is 22.0. The van der Waals surface area contributed by atoms with Crippen LogP contribution in [0, 0.1) is 18.6 Å². The molecule has 0 fully saturated rings. The lowest BCUT2D eigenvalue weighted by Gasteiger charge is -2.34. The number of rotatable bonds is 4. The van der Waals surface area contributed by atoms with E-state index in [1.165, 1.54) is 36.4 Å². The summed E-state index contributed by atoms with van der Waals surface area (Å²) >= 11 is 6.07. The van der Waals surface area contributed by atoms with Crippen LogP contribution in [0.25, 0.3) is 0 Å². The molecule has 1 aliphatic heterocycles. The second kappa shape index (κ2) is 8.40. The largest absolute Gasteiger partial charge is 0.476 e. The molecule has 166 valence electrons. The Balaban J connectivity index is 1.69. The number of carbonyl (C=O) groups excluding carboxylic acids is 1. The summed E-state index contributed by atoms with van der Waals surface area (Å²) in [5.74, 6) is -2.77. The Labute approximate surface area is 188 Å². The first-order chi connectivity index (χ1) is 15.1. The second-order valence-corrected chi connectivity index (χ2v) is 9.48. The third-order valence-electron chi connectivity index (χ3n) is 4.88. The zero-order valence-corrected chi connectivity index (χ0v) is 18.3. The van der Waals surface area contributed by atoms with Crippen molar-refractivity contribution in [2.75, 3.05) is 16.2 Å². The van der Waals surface area contributed by atoms with Crippen LogP contribution in [0.5, 0.6) is 5.75 Å². The van der Waals surface area contributed by atoms with Gasteiger partial charge >= 0.3 is 0 Å². The minimum Gasteiger partial charge on any atom is -0.476 e. The molecular formula is C22H17ClF2N2O4S. The summed E-state index contributed by atoms with van der Waals surface area (Å²) in [6.45, 7) is 1.48. The molecule has 0 aliphatic carbocycles. The van der Waals surface area contributed by atoms with Gasteiger partial charge in [-0.3, -0.25) is 9.10 Å². The molecule has 10 heteroatoms. The average Bonchev–Trinajstić information content (AvgIpc) is 2.75. The molecular weight excluding hydrogens is 462 g/mol. The predicted molar refractivity (Wildman–Crippen MR) is 117 cm³/mol. The highest BCUT2D eigenvalue weighted by Gasteiger charge is 2.37. The molecule has 0 spiro atoms. The van der Waals surface area contributed by atoms with Crippen molar-refractivity contribution < 1.29 is 26.7 Å². The SMILES string of the molecule is Cc1ccc(S(=O)(=O)N2C[C@@H](C(=O)Nc3ccc(F)c(F)c3)Oc3ccc(Cl)cc32)cc1. The molecule has 0 bridgehead atoms. The van der Waals surface area contributed by atoms with Crippen LogP contribution in [0.4, 0.5) is 20.2 Å². The molecule has 1 amide bonds. The number of hydrogen-bond donors (Lipinski definition) is 1. The van der Waals surface area contributed by atoms with Crippen LogP contribution >= 0.6 is 11.6 Å². The van der Waals surface area contributed by atoms with Crippen LogP contribution in [0.2, 0.25) is 5.02 Å². The van der Waals surface area contributed by atoms with Crippen molar-refractivity contribution in [1.29, 1.82) is 0 Å². The van der Waals surface area contributed by atoms with Crippen LogP contribution in [-0.2, 0) is 14.8 Å². The standard InChI is InChI=1S/C22H17ClF2N2O4S/c1-13-2-6-16(7-3-13)32(29,30)27-12-21(31-20-9-4-14(23)10-19(20)27)22(28)26-15-5-8-17(24)18(25)11-15/h2-11,21H,12H2,1H3,(H,26,28)/t21-/m0/s1. The van der Waals surface area contributed by atoms with E-state index in [0.29, 0.717) is 5.02 Å². The van der Waals surface area contributed by atoms with Gasteiger partial charge in [0.25, 0.3) is 15.9 Å². The Hall–Kier alpha value is -3.17. The molecule has 0 saturated carbocycles. The number of sulfonamides is 1. The molecule has 4 rings (SSSR count). The number of nitrogens with zero attached hydrogens (tertiary/aromatic N) is 1. The molecule has 3 aromatic rings. The predicted octanol–water partition coefficient (Wildman–Crippen LogP) is 4.52. The third kappa shape index (κ3) is 4.26. The molecule has 6 nitrogen and oxygen atoms in total. The monoisotopic (exact) mass is 478 g/mol. The Morgan fingerprint density at radius 1 is 1.06 bits per heavy atom. The van der Waals surface area contributed by atoms with Crippen LogP contribution in [0.1, 0.15) is 5.56 Å². The first-order valence-electron chi connectivity index (χ1n) is 9.47. The number of fused-ring (bicyclic) bond motifs is 1. The molecule has 0 aromatic heterocycles. The Morgan fingerprint density at radius 3 is 2.47 bits per heavy atom. The molecule has 32 heavy (non-hydrogen) atoms. The van der Waals surface area contributed by atoms with Crippen molar-refractivity contribution in [3.05, 3.63) is 82.9 Å². The van der Waals surface area contributed by atoms with Crippen LogP contribution in [0.3, 0.4) is 0 Å². The number of ether oxygens (including phenoxy) is 1. The zero-order valence-electron chi connectivity index (χ0n) is 16.7. The van der Waals surface area contributed by atoms with E-state index >= 15 is 0 Å². The molecule has 1 heterocycles. The third-order valence-corrected chi connectivity index (χ3v) is 6.91. The van der Waals surface area contributed by atoms with Crippen molar-refractivity contribution in [3.8, 4) is 5.75 Å². The summed E-state index contributed by atoms with van der Waals surface area (Å²) in [6, 6.07) is 13.6. The number of benzene rings is 3. The molecule has 0 saturated heterocycles. The summed E-state index contributed by atoms with van der Waals surface area (Å²) in [7, 11) is -4.06. The number of carbonyl (C=O) groups is 1. The highest BCUT2D eigenvalue weighted by molar-refractivity contribution is 7.92. The number of nitrogens with one attached hydrogen (secondary N) is 1. The van der Waals surface area contributed by atoms with E-state index in [9.17, 15) is 22.0 Å². The van der Waals surface area contributed by atoms with Crippen LogP contribution in [0.15, 0.2) is 65.6 Å². The molecule has 3 aromatic carbocycles. The van der Waals surface area contributed by atoms with Crippen molar-refractivity contribution in [1.82, 2.24) is 0 Å². The summed E-state index contributed by atoms with van der Waals surface area (Å²) in [6.07, 6.45) is -1.25. The minimum atomic E-state index is -4.06. The van der Waals surface area contributed by atoms with Gasteiger partial charge in [-0.05, 0) is 49.4 Å². The van der Waals surface area contributed by atoms with E-state index in [1.54, 1.807) is 12.1 Å². The molecule has 0 unspecified atom stereocenters. The summed E-state index contributed by atoms with van der Waals surface area (Å²) in [5.41, 5.74) is 1.08. The van der Waals surface area contributed by atoms with Gasteiger partial charge in [0.05, 0.1) is 17.1 Å². The van der Waals surface area contributed by atoms with Gasteiger partial charge in [-0.1, -0.05) is 29.3 Å². The molecule has 0 radical (unpaired) electrons. The van der Waals surface area contributed by atoms with Gasteiger partial charge in [0.15, 0.2) is 17.7 Å². The fraction of sp³-hybridized carbons (Fsp3) is 0.136. The Morgan fingerprint density at radius 2 is 1.78 bits per heavy atom. The minimum absolute atomic E-state index is 0.00680. The smallest absolute Gasteiger partial charge is 0.267 e. The van der Waals surface area contributed by atoms with Crippen molar-refractivity contribution in [2.45, 2.75) is 17.9 Å². The summed E-state index contributed by atoms with van der Waals surface area (Å²) < 4.78 is 60.2. The van der Waals surface area contributed by atoms with Gasteiger partial charge in [-0.15, -0.1) is 0 Å². The summed E-state index contributed by atoms with van der Waals surface area (Å²) in [5, 5.41) is 2.72. The maximum absolute atomic E-state index is 13.5. The lowest BCUT2D eigenvalue weighted by Crippen LogP contribution is -2.48. The van der Waals surface area contributed by atoms with Gasteiger partial charge in [0, 0.05) is 16.8 Å². The van der Waals surface area contributed by atoms with Gasteiger partial charge in [0.1, 0.15) is 5.75 Å². The van der Waals surface area contributed by atoms with E-state index in [4.69, 9.17) is 16.3 Å². The van der Waals surface area contributed by atoms with E-state index in [2.05, 4.69) is 5.32 Å². The number of halogens is 3. The van der Waals surface area contributed by atoms with E-state index in [1.807, 2.05) is 6.92 Å². The topological polar surface area (TPSA) is 75.7 Å². The average molecular weight is 479 g/mol. The number of anilines is 2. The second-order valence-electron chi connectivity index (χ2n) is 7.19. The highest BCUT2D eigenvalue weighted by atomic mass is 35.5. The Bertz CT molecular complexity index is 1300. The van der Waals surface area contributed by atoms with Gasteiger partial charge in [-0.25, -0.2) is 17.2 Å². The maximum Gasteiger partial charge on any atom is 0.267 e. The summed E-state index contributed by atoms with van der Waals surface area (Å²) in [4.78, 5) is 12.8. The lowest BCUT2D eigenvalue weighted by molar-refractivity contribution is -0.122. The number of aryl methyl sites for hydroxylation is 1.